The van der Waals surface area contributed by atoms with Gasteiger partial charge < -0.3 is 4.90 Å². The summed E-state index contributed by atoms with van der Waals surface area (Å²) in [5, 5.41) is 0. The number of hydrogen-bond donors (Lipinski definition) is 1. The first-order valence-electron chi connectivity index (χ1n) is 7.02. The van der Waals surface area contributed by atoms with Crippen molar-refractivity contribution in [1.29, 1.82) is 0 Å². The summed E-state index contributed by atoms with van der Waals surface area (Å²) in [6, 6.07) is 5.66. The van der Waals surface area contributed by atoms with E-state index >= 15 is 0 Å². The molecule has 1 heterocycles. The molecule has 1 aromatic carbocycles. The first-order valence-corrected chi connectivity index (χ1v) is 8.57. The summed E-state index contributed by atoms with van der Waals surface area (Å²) >= 11 is 0. The summed E-state index contributed by atoms with van der Waals surface area (Å²) in [6.07, 6.45) is 1.38. The van der Waals surface area contributed by atoms with Crippen molar-refractivity contribution >= 4 is 28.6 Å². The second-order valence-electron chi connectivity index (χ2n) is 5.41. The zero-order chi connectivity index (χ0) is 15.6. The number of fused-ring (bicyclic) bond motifs is 1. The summed E-state index contributed by atoms with van der Waals surface area (Å²) in [5.41, 5.74) is 2.84. The maximum absolute atomic E-state index is 12.1. The lowest BCUT2D eigenvalue weighted by atomic mass is 9.89. The molecule has 5 nitrogen and oxygen atoms in total. The first-order chi connectivity index (χ1) is 9.81. The molecule has 1 aliphatic heterocycles. The number of nitrogens with zero attached hydrogens (tertiary/aromatic N) is 1. The van der Waals surface area contributed by atoms with Crippen LogP contribution in [-0.4, -0.2) is 28.0 Å². The van der Waals surface area contributed by atoms with Gasteiger partial charge in [0.15, 0.2) is 0 Å². The predicted molar refractivity (Wildman–Crippen MR) is 83.6 cm³/mol. The van der Waals surface area contributed by atoms with Gasteiger partial charge >= 0.3 is 0 Å². The average Bonchev–Trinajstić information content (AvgIpc) is 2.40. The quantitative estimate of drug-likeness (QED) is 0.837. The molecule has 0 bridgehead atoms. The molecule has 1 aromatic rings. The normalized spacial score (nSPS) is 18.7. The lowest BCUT2D eigenvalue weighted by Gasteiger charge is -2.33. The molecule has 2 rings (SSSR count). The predicted octanol–water partition coefficient (Wildman–Crippen LogP) is 1.44. The Morgan fingerprint density at radius 3 is 2.76 bits per heavy atom. The molecule has 1 unspecified atom stereocenters. The standard InChI is InChI=1S/C14H19BN2O3S/c1-3-6-17-13-5-4-11(9-16-21(15,19)20)8-12(13)10(2)7-14(17)18/h4-5,8,10,16H,3,6-7,9H2,1-2H3. The lowest BCUT2D eigenvalue weighted by molar-refractivity contribution is -0.119. The number of amides is 1. The van der Waals surface area contributed by atoms with Crippen molar-refractivity contribution in [3.05, 3.63) is 29.3 Å². The molecule has 1 amide bonds. The first kappa shape index (κ1) is 16.0. The van der Waals surface area contributed by atoms with Crippen LogP contribution in [0.15, 0.2) is 18.2 Å². The van der Waals surface area contributed by atoms with Crippen LogP contribution in [-0.2, 0) is 21.2 Å². The van der Waals surface area contributed by atoms with E-state index in [0.717, 1.165) is 23.2 Å². The van der Waals surface area contributed by atoms with Crippen molar-refractivity contribution in [3.8, 4) is 0 Å². The molecule has 0 saturated heterocycles. The average molecular weight is 306 g/mol. The second kappa shape index (κ2) is 6.19. The van der Waals surface area contributed by atoms with Crippen LogP contribution < -0.4 is 9.62 Å². The Labute approximate surface area is 127 Å². The zero-order valence-electron chi connectivity index (χ0n) is 12.3. The van der Waals surface area contributed by atoms with Gasteiger partial charge in [-0.2, -0.15) is 0 Å². The highest BCUT2D eigenvalue weighted by Gasteiger charge is 2.28. The minimum atomic E-state index is -3.70. The fraction of sp³-hybridized carbons (Fsp3) is 0.500. The maximum Gasteiger partial charge on any atom is 0.277 e. The van der Waals surface area contributed by atoms with E-state index in [1.54, 1.807) is 0 Å². The van der Waals surface area contributed by atoms with Crippen molar-refractivity contribution < 1.29 is 13.2 Å². The number of carbonyl (C=O) groups excluding carboxylic acids is 1. The Kier molecular flexibility index (Phi) is 4.73. The highest BCUT2D eigenvalue weighted by Crippen LogP contribution is 2.36. The summed E-state index contributed by atoms with van der Waals surface area (Å²) < 4.78 is 24.2. The van der Waals surface area contributed by atoms with Crippen LogP contribution in [0.2, 0.25) is 0 Å². The van der Waals surface area contributed by atoms with E-state index in [9.17, 15) is 13.2 Å². The molecule has 1 aliphatic rings. The third kappa shape index (κ3) is 3.86. The fourth-order valence-corrected chi connectivity index (χ4v) is 2.99. The Balaban J connectivity index is 2.29. The fourth-order valence-electron chi connectivity index (χ4n) is 2.62. The maximum atomic E-state index is 12.1. The minimum Gasteiger partial charge on any atom is -0.312 e. The third-order valence-corrected chi connectivity index (χ3v) is 4.17. The SMILES string of the molecule is [B]S(=O)(=O)NCc1ccc2c(c1)C(C)CC(=O)N2CCC. The summed E-state index contributed by atoms with van der Waals surface area (Å²) in [4.78, 5) is 13.9. The van der Waals surface area contributed by atoms with Gasteiger partial charge in [-0.05, 0) is 29.5 Å². The van der Waals surface area contributed by atoms with Gasteiger partial charge in [-0.1, -0.05) is 26.0 Å². The Bertz CT molecular complexity index is 646. The van der Waals surface area contributed by atoms with E-state index in [-0.39, 0.29) is 18.4 Å². The molecule has 0 saturated carbocycles. The number of nitrogens with one attached hydrogen (secondary N) is 1. The molecule has 1 N–H and O–H groups in total. The molecule has 0 fully saturated rings. The number of anilines is 1. The molecule has 7 heteroatoms. The molecule has 1 atom stereocenters. The van der Waals surface area contributed by atoms with Gasteiger partial charge in [-0.15, -0.1) is 0 Å². The lowest BCUT2D eigenvalue weighted by Crippen LogP contribution is -2.36. The molecule has 0 spiro atoms. The van der Waals surface area contributed by atoms with Gasteiger partial charge in [-0.25, -0.2) is 13.1 Å². The minimum absolute atomic E-state index is 0.134. The van der Waals surface area contributed by atoms with E-state index < -0.39 is 9.87 Å². The molecule has 21 heavy (non-hydrogen) atoms. The van der Waals surface area contributed by atoms with Crippen molar-refractivity contribution in [2.24, 2.45) is 0 Å². The van der Waals surface area contributed by atoms with Gasteiger partial charge in [0, 0.05) is 25.2 Å². The Morgan fingerprint density at radius 2 is 2.14 bits per heavy atom. The molecular weight excluding hydrogens is 287 g/mol. The smallest absolute Gasteiger partial charge is 0.277 e. The Morgan fingerprint density at radius 1 is 1.43 bits per heavy atom. The largest absolute Gasteiger partial charge is 0.312 e. The third-order valence-electron chi connectivity index (χ3n) is 3.62. The van der Waals surface area contributed by atoms with E-state index in [4.69, 9.17) is 7.12 Å². The van der Waals surface area contributed by atoms with Gasteiger partial charge in [-0.3, -0.25) is 4.79 Å². The van der Waals surface area contributed by atoms with E-state index in [0.29, 0.717) is 13.0 Å². The molecule has 2 radical (unpaired) electrons. The van der Waals surface area contributed by atoms with Crippen molar-refractivity contribution in [2.45, 2.75) is 39.2 Å². The highest BCUT2D eigenvalue weighted by atomic mass is 32.2. The van der Waals surface area contributed by atoms with E-state index in [1.807, 2.05) is 36.9 Å². The summed E-state index contributed by atoms with van der Waals surface area (Å²) in [7, 11) is 1.24. The van der Waals surface area contributed by atoms with Crippen molar-refractivity contribution in [2.75, 3.05) is 11.4 Å². The number of carbonyl (C=O) groups is 1. The number of rotatable bonds is 5. The van der Waals surface area contributed by atoms with Crippen LogP contribution in [0.3, 0.4) is 0 Å². The van der Waals surface area contributed by atoms with E-state index in [1.165, 1.54) is 0 Å². The van der Waals surface area contributed by atoms with Crippen LogP contribution in [0.5, 0.6) is 0 Å². The van der Waals surface area contributed by atoms with Gasteiger partial charge in [0.05, 0.1) is 0 Å². The second-order valence-corrected chi connectivity index (χ2v) is 6.79. The van der Waals surface area contributed by atoms with Crippen LogP contribution in [0.1, 0.15) is 43.7 Å². The van der Waals surface area contributed by atoms with Crippen molar-refractivity contribution in [3.63, 3.8) is 0 Å². The number of benzene rings is 1. The highest BCUT2D eigenvalue weighted by molar-refractivity contribution is 8.10. The van der Waals surface area contributed by atoms with Gasteiger partial charge in [0.25, 0.3) is 7.12 Å². The summed E-state index contributed by atoms with van der Waals surface area (Å²) in [6.45, 7) is 4.90. The molecule has 0 aromatic heterocycles. The van der Waals surface area contributed by atoms with Crippen LogP contribution >= 0.6 is 0 Å². The Hall–Kier alpha value is -1.34. The zero-order valence-corrected chi connectivity index (χ0v) is 13.1. The number of hydrogen-bond acceptors (Lipinski definition) is 3. The van der Waals surface area contributed by atoms with Crippen LogP contribution in [0.25, 0.3) is 0 Å². The van der Waals surface area contributed by atoms with Crippen molar-refractivity contribution in [1.82, 2.24) is 4.72 Å². The molecule has 0 aliphatic carbocycles. The van der Waals surface area contributed by atoms with Gasteiger partial charge in [0.1, 0.15) is 9.87 Å². The van der Waals surface area contributed by atoms with Crippen LogP contribution in [0.4, 0.5) is 5.69 Å². The molecule has 112 valence electrons. The topological polar surface area (TPSA) is 66.5 Å². The monoisotopic (exact) mass is 306 g/mol. The molecular formula is C14H19BN2O3S. The van der Waals surface area contributed by atoms with Crippen LogP contribution in [0, 0.1) is 0 Å². The van der Waals surface area contributed by atoms with E-state index in [2.05, 4.69) is 4.72 Å². The summed E-state index contributed by atoms with van der Waals surface area (Å²) in [5.74, 6) is 0.280. The van der Waals surface area contributed by atoms with Gasteiger partial charge in [0.2, 0.25) is 5.91 Å².